The predicted octanol–water partition coefficient (Wildman–Crippen LogP) is 7.45. The number of methoxy groups -OCH3 is 1. The Morgan fingerprint density at radius 1 is 0.707 bits per heavy atom. The first-order valence-electron chi connectivity index (χ1n) is 17.6. The number of sulfonamides is 2. The van der Waals surface area contributed by atoms with Gasteiger partial charge in [0.15, 0.2) is 17.2 Å². The lowest BCUT2D eigenvalue weighted by atomic mass is 10.0. The van der Waals surface area contributed by atoms with E-state index in [0.717, 1.165) is 5.56 Å². The Hall–Kier alpha value is -7.15. The van der Waals surface area contributed by atoms with Crippen LogP contribution in [0.1, 0.15) is 29.7 Å². The van der Waals surface area contributed by atoms with Gasteiger partial charge in [0.1, 0.15) is 12.6 Å². The smallest absolute Gasteiger partial charge is 0.308 e. The molecule has 1 amide bonds. The van der Waals surface area contributed by atoms with Crippen molar-refractivity contribution in [2.24, 2.45) is 0 Å². The van der Waals surface area contributed by atoms with E-state index in [1.165, 1.54) is 111 Å². The second-order valence-corrected chi connectivity index (χ2v) is 16.3. The zero-order chi connectivity index (χ0) is 41.3. The Kier molecular flexibility index (Phi) is 12.4. The van der Waals surface area contributed by atoms with E-state index in [1.54, 1.807) is 24.3 Å². The molecular weight excluding hydrogens is 781 g/mol. The highest BCUT2D eigenvalue weighted by atomic mass is 32.3. The lowest BCUT2D eigenvalue weighted by Crippen LogP contribution is -2.39. The quantitative estimate of drug-likeness (QED) is 0.0776. The summed E-state index contributed by atoms with van der Waals surface area (Å²) in [6, 6.07) is 38.2. The van der Waals surface area contributed by atoms with Gasteiger partial charge in [0.05, 0.1) is 39.9 Å². The maximum atomic E-state index is 14.9. The summed E-state index contributed by atoms with van der Waals surface area (Å²) >= 11 is 0. The van der Waals surface area contributed by atoms with Gasteiger partial charge >= 0.3 is 5.97 Å². The van der Waals surface area contributed by atoms with Crippen molar-refractivity contribution in [2.75, 3.05) is 21.5 Å². The number of hydrogen-bond acceptors (Lipinski definition) is 11. The van der Waals surface area contributed by atoms with Crippen molar-refractivity contribution in [3.05, 3.63) is 168 Å². The number of para-hydroxylation sites is 2. The SMILES string of the molecule is COc1cc([C@H](Nc2ccc(C#N)cc2)C(=O)Nc2ccccc2OC(C)=O)c(N(S(=O)(=O)c2ccccc2)S(=O)(=O)c2ccccc2)cc1OCc1ccccc1. The van der Waals surface area contributed by atoms with Gasteiger partial charge in [-0.2, -0.15) is 8.97 Å². The molecule has 0 heterocycles. The van der Waals surface area contributed by atoms with E-state index in [1.807, 2.05) is 36.4 Å². The Morgan fingerprint density at radius 3 is 1.81 bits per heavy atom. The van der Waals surface area contributed by atoms with Gasteiger partial charge in [-0.05, 0) is 72.3 Å². The molecule has 0 aliphatic rings. The van der Waals surface area contributed by atoms with Crippen LogP contribution in [0, 0.1) is 11.3 Å². The number of carbonyl (C=O) groups is 2. The number of hydrogen-bond donors (Lipinski definition) is 2. The number of anilines is 3. The molecule has 294 valence electrons. The van der Waals surface area contributed by atoms with Gasteiger partial charge in [0.25, 0.3) is 26.0 Å². The van der Waals surface area contributed by atoms with Crippen molar-refractivity contribution in [3.8, 4) is 23.3 Å². The second kappa shape index (κ2) is 17.8. The van der Waals surface area contributed by atoms with Crippen molar-refractivity contribution in [1.29, 1.82) is 5.26 Å². The van der Waals surface area contributed by atoms with E-state index in [2.05, 4.69) is 10.6 Å². The highest BCUT2D eigenvalue weighted by molar-refractivity contribution is 8.10. The molecule has 0 bridgehead atoms. The summed E-state index contributed by atoms with van der Waals surface area (Å²) < 4.78 is 77.1. The number of ether oxygens (including phenoxy) is 3. The van der Waals surface area contributed by atoms with Crippen LogP contribution < -0.4 is 28.6 Å². The number of nitrogens with one attached hydrogen (secondary N) is 2. The van der Waals surface area contributed by atoms with E-state index in [4.69, 9.17) is 14.2 Å². The van der Waals surface area contributed by atoms with Gasteiger partial charge in [-0.25, -0.2) is 16.8 Å². The van der Waals surface area contributed by atoms with Gasteiger partial charge in [-0.15, -0.1) is 0 Å². The average Bonchev–Trinajstić information content (AvgIpc) is 3.23. The lowest BCUT2D eigenvalue weighted by Gasteiger charge is -2.30. The Morgan fingerprint density at radius 2 is 1.26 bits per heavy atom. The monoisotopic (exact) mass is 816 g/mol. The Bertz CT molecular complexity index is 2610. The number of benzene rings is 6. The number of carbonyl (C=O) groups excluding carboxylic acids is 2. The number of esters is 1. The van der Waals surface area contributed by atoms with Crippen LogP contribution in [-0.2, 0) is 36.2 Å². The summed E-state index contributed by atoms with van der Waals surface area (Å²) in [5.41, 5.74) is 0.771. The molecule has 6 rings (SSSR count). The summed E-state index contributed by atoms with van der Waals surface area (Å²) in [5.74, 6) is -1.48. The molecule has 0 radical (unpaired) electrons. The van der Waals surface area contributed by atoms with Crippen LogP contribution in [0.15, 0.2) is 161 Å². The van der Waals surface area contributed by atoms with Crippen molar-refractivity contribution in [2.45, 2.75) is 29.4 Å². The minimum Gasteiger partial charge on any atom is -0.493 e. The third-order valence-electron chi connectivity index (χ3n) is 8.56. The molecule has 0 aromatic heterocycles. The molecule has 58 heavy (non-hydrogen) atoms. The maximum Gasteiger partial charge on any atom is 0.308 e. The number of nitriles is 1. The molecule has 0 unspecified atom stereocenters. The Balaban J connectivity index is 1.64. The lowest BCUT2D eigenvalue weighted by molar-refractivity contribution is -0.132. The molecule has 1 atom stereocenters. The normalized spacial score (nSPS) is 11.7. The van der Waals surface area contributed by atoms with Gasteiger partial charge in [0, 0.05) is 24.2 Å². The molecule has 6 aromatic carbocycles. The molecule has 0 aliphatic carbocycles. The van der Waals surface area contributed by atoms with Crippen LogP contribution in [0.5, 0.6) is 17.2 Å². The predicted molar refractivity (Wildman–Crippen MR) is 217 cm³/mol. The third-order valence-corrected chi connectivity index (χ3v) is 12.7. The van der Waals surface area contributed by atoms with Crippen LogP contribution in [0.2, 0.25) is 0 Å². The Labute approximate surface area is 336 Å². The largest absolute Gasteiger partial charge is 0.493 e. The zero-order valence-corrected chi connectivity index (χ0v) is 32.7. The van der Waals surface area contributed by atoms with E-state index >= 15 is 0 Å². The van der Waals surface area contributed by atoms with Crippen LogP contribution in [0.25, 0.3) is 0 Å². The van der Waals surface area contributed by atoms with E-state index in [0.29, 0.717) is 11.3 Å². The molecule has 15 heteroatoms. The molecule has 0 fully saturated rings. The fourth-order valence-electron chi connectivity index (χ4n) is 5.84. The standard InChI is InChI=1S/C43H36N4O9S2/c1-30(48)56-39-21-13-12-20-37(39)46-43(49)42(45-33-24-22-31(28-44)23-25-33)36-26-40(54-2)41(55-29-32-14-6-3-7-15-32)27-38(36)47(57(50,51)34-16-8-4-9-17-34)58(52,53)35-18-10-5-11-19-35/h3-27,42,45H,29H2,1-2H3,(H,46,49)/t42-/m0/s1. The summed E-state index contributed by atoms with van der Waals surface area (Å²) in [5, 5.41) is 15.3. The molecule has 6 aromatic rings. The van der Waals surface area contributed by atoms with Crippen LogP contribution >= 0.6 is 0 Å². The van der Waals surface area contributed by atoms with Gasteiger partial charge in [0.2, 0.25) is 0 Å². The van der Waals surface area contributed by atoms with Crippen molar-refractivity contribution in [1.82, 2.24) is 0 Å². The highest BCUT2D eigenvalue weighted by Gasteiger charge is 2.41. The van der Waals surface area contributed by atoms with Crippen molar-refractivity contribution >= 4 is 49.0 Å². The van der Waals surface area contributed by atoms with E-state index in [9.17, 15) is 31.7 Å². The van der Waals surface area contributed by atoms with Crippen LogP contribution in [0.4, 0.5) is 17.1 Å². The molecule has 0 aliphatic heterocycles. The van der Waals surface area contributed by atoms with Crippen molar-refractivity contribution < 1.29 is 40.6 Å². The summed E-state index contributed by atoms with van der Waals surface area (Å²) in [6.07, 6.45) is 0. The van der Waals surface area contributed by atoms with Crippen molar-refractivity contribution in [3.63, 3.8) is 0 Å². The first-order chi connectivity index (χ1) is 27.9. The van der Waals surface area contributed by atoms with E-state index in [-0.39, 0.29) is 48.6 Å². The topological polar surface area (TPSA) is 181 Å². The summed E-state index contributed by atoms with van der Waals surface area (Å²) in [7, 11) is -8.68. The second-order valence-electron chi connectivity index (χ2n) is 12.5. The van der Waals surface area contributed by atoms with E-state index < -0.39 is 43.7 Å². The van der Waals surface area contributed by atoms with Gasteiger partial charge in [-0.1, -0.05) is 78.9 Å². The molecular formula is C43H36N4O9S2. The number of rotatable bonds is 15. The summed E-state index contributed by atoms with van der Waals surface area (Å²) in [4.78, 5) is 26.0. The number of amides is 1. The third kappa shape index (κ3) is 9.10. The molecule has 13 nitrogen and oxygen atoms in total. The fraction of sp³-hybridized carbons (Fsp3) is 0.0930. The minimum absolute atomic E-state index is 0.0166. The maximum absolute atomic E-state index is 14.9. The minimum atomic E-state index is -5.01. The number of nitrogens with zero attached hydrogens (tertiary/aromatic N) is 2. The first-order valence-corrected chi connectivity index (χ1v) is 20.4. The average molecular weight is 817 g/mol. The van der Waals surface area contributed by atoms with Crippen LogP contribution in [-0.4, -0.2) is 35.8 Å². The molecule has 0 spiro atoms. The zero-order valence-electron chi connectivity index (χ0n) is 31.1. The van der Waals surface area contributed by atoms with Gasteiger partial charge < -0.3 is 24.8 Å². The highest BCUT2D eigenvalue weighted by Crippen LogP contribution is 2.44. The first kappa shape index (κ1) is 40.5. The fourth-order valence-corrected chi connectivity index (χ4v) is 9.61. The van der Waals surface area contributed by atoms with Gasteiger partial charge in [-0.3, -0.25) is 9.59 Å². The molecule has 0 saturated carbocycles. The molecule has 0 saturated heterocycles. The summed E-state index contributed by atoms with van der Waals surface area (Å²) in [6.45, 7) is 1.18. The molecule has 2 N–H and O–H groups in total. The van der Waals surface area contributed by atoms with Crippen LogP contribution in [0.3, 0.4) is 0 Å².